The van der Waals surface area contributed by atoms with Crippen molar-refractivity contribution in [1.82, 2.24) is 5.32 Å². The third-order valence-electron chi connectivity index (χ3n) is 4.68. The van der Waals surface area contributed by atoms with Gasteiger partial charge in [0.05, 0.1) is 21.3 Å². The van der Waals surface area contributed by atoms with Crippen LogP contribution in [0.4, 0.5) is 0 Å². The lowest BCUT2D eigenvalue weighted by Gasteiger charge is -2.12. The van der Waals surface area contributed by atoms with E-state index in [1.54, 1.807) is 27.4 Å². The predicted octanol–water partition coefficient (Wildman–Crippen LogP) is 3.83. The third-order valence-corrected chi connectivity index (χ3v) is 5.87. The number of hydrogen-bond acceptors (Lipinski definition) is 6. The Kier molecular flexibility index (Phi) is 7.32. The zero-order chi connectivity index (χ0) is 21.5. The van der Waals surface area contributed by atoms with Crippen molar-refractivity contribution >= 4 is 17.2 Å². The quantitative estimate of drug-likeness (QED) is 0.543. The first kappa shape index (κ1) is 21.7. The summed E-state index contributed by atoms with van der Waals surface area (Å²) in [7, 11) is 4.79. The van der Waals surface area contributed by atoms with E-state index in [1.165, 1.54) is 11.3 Å². The Hall–Kier alpha value is -3.03. The summed E-state index contributed by atoms with van der Waals surface area (Å²) >= 11 is 1.39. The summed E-state index contributed by atoms with van der Waals surface area (Å²) in [5.74, 6) is 1.67. The largest absolute Gasteiger partial charge is 0.497 e. The van der Waals surface area contributed by atoms with E-state index in [-0.39, 0.29) is 0 Å². The number of thiophene rings is 1. The maximum absolute atomic E-state index is 12.4. The standard InChI is InChI=1S/C23H25NO5S/c1-27-17-7-5-16(6-8-17)20-10-11-21(30-20)22(25)23(26)24-13-12-15-4-9-18(28-2)19(14-15)29-3/h4-11,14,22,25H,12-13H2,1-3H3,(H,24,26). The van der Waals surface area contributed by atoms with Crippen LogP contribution >= 0.6 is 11.3 Å². The number of aliphatic hydroxyl groups is 1. The highest BCUT2D eigenvalue weighted by molar-refractivity contribution is 7.15. The number of nitrogens with one attached hydrogen (secondary N) is 1. The molecule has 6 nitrogen and oxygen atoms in total. The van der Waals surface area contributed by atoms with E-state index >= 15 is 0 Å². The molecule has 2 aromatic carbocycles. The monoisotopic (exact) mass is 427 g/mol. The van der Waals surface area contributed by atoms with E-state index in [0.717, 1.165) is 21.8 Å². The van der Waals surface area contributed by atoms with Crippen molar-refractivity contribution in [3.05, 3.63) is 65.0 Å². The zero-order valence-corrected chi connectivity index (χ0v) is 18.0. The van der Waals surface area contributed by atoms with Gasteiger partial charge < -0.3 is 24.6 Å². The van der Waals surface area contributed by atoms with Crippen molar-refractivity contribution in [2.24, 2.45) is 0 Å². The molecule has 30 heavy (non-hydrogen) atoms. The number of aliphatic hydroxyl groups excluding tert-OH is 1. The molecule has 0 fully saturated rings. The average molecular weight is 428 g/mol. The van der Waals surface area contributed by atoms with Crippen LogP contribution < -0.4 is 19.5 Å². The van der Waals surface area contributed by atoms with Gasteiger partial charge >= 0.3 is 0 Å². The molecule has 0 saturated carbocycles. The lowest BCUT2D eigenvalue weighted by molar-refractivity contribution is -0.129. The van der Waals surface area contributed by atoms with Gasteiger partial charge in [0.1, 0.15) is 5.75 Å². The molecular formula is C23H25NO5S. The average Bonchev–Trinajstić information content (AvgIpc) is 3.28. The molecule has 0 spiro atoms. The van der Waals surface area contributed by atoms with Crippen LogP contribution in [0.15, 0.2) is 54.6 Å². The fraction of sp³-hybridized carbons (Fsp3) is 0.261. The fourth-order valence-corrected chi connectivity index (χ4v) is 4.00. The molecule has 0 radical (unpaired) electrons. The second-order valence-corrected chi connectivity index (χ2v) is 7.68. The molecule has 3 rings (SSSR count). The molecule has 1 amide bonds. The summed E-state index contributed by atoms with van der Waals surface area (Å²) in [5, 5.41) is 13.2. The number of hydrogen-bond donors (Lipinski definition) is 2. The van der Waals surface area contributed by atoms with Crippen molar-refractivity contribution in [2.75, 3.05) is 27.9 Å². The normalized spacial score (nSPS) is 11.6. The van der Waals surface area contributed by atoms with Crippen LogP contribution in [0.2, 0.25) is 0 Å². The van der Waals surface area contributed by atoms with Crippen LogP contribution in [0, 0.1) is 0 Å². The van der Waals surface area contributed by atoms with Gasteiger partial charge in [-0.15, -0.1) is 11.3 Å². The maximum atomic E-state index is 12.4. The zero-order valence-electron chi connectivity index (χ0n) is 17.2. The Labute approximate surface area is 180 Å². The Morgan fingerprint density at radius 2 is 1.70 bits per heavy atom. The lowest BCUT2D eigenvalue weighted by atomic mass is 10.1. The third kappa shape index (κ3) is 5.11. The van der Waals surface area contributed by atoms with E-state index in [2.05, 4.69) is 5.32 Å². The summed E-state index contributed by atoms with van der Waals surface area (Å²) in [6, 6.07) is 17.0. The molecule has 0 bridgehead atoms. The van der Waals surface area contributed by atoms with Gasteiger partial charge in [0.15, 0.2) is 17.6 Å². The van der Waals surface area contributed by atoms with Gasteiger partial charge in [0, 0.05) is 16.3 Å². The van der Waals surface area contributed by atoms with E-state index in [0.29, 0.717) is 29.3 Å². The minimum Gasteiger partial charge on any atom is -0.497 e. The lowest BCUT2D eigenvalue weighted by Crippen LogP contribution is -2.30. The molecule has 1 aromatic heterocycles. The first-order valence-electron chi connectivity index (χ1n) is 9.46. The molecule has 1 atom stereocenters. The molecule has 1 unspecified atom stereocenters. The van der Waals surface area contributed by atoms with Crippen LogP contribution in [-0.4, -0.2) is 38.9 Å². The molecular weight excluding hydrogens is 402 g/mol. The number of carbonyl (C=O) groups is 1. The summed E-state index contributed by atoms with van der Waals surface area (Å²) in [4.78, 5) is 13.9. The highest BCUT2D eigenvalue weighted by atomic mass is 32.1. The van der Waals surface area contributed by atoms with E-state index in [1.807, 2.05) is 48.5 Å². The van der Waals surface area contributed by atoms with Gasteiger partial charge in [0.25, 0.3) is 5.91 Å². The van der Waals surface area contributed by atoms with Crippen LogP contribution in [0.3, 0.4) is 0 Å². The highest BCUT2D eigenvalue weighted by Crippen LogP contribution is 2.32. The fourth-order valence-electron chi connectivity index (χ4n) is 3.00. The van der Waals surface area contributed by atoms with Gasteiger partial charge in [0.2, 0.25) is 0 Å². The Bertz CT molecular complexity index is 984. The minimum absolute atomic E-state index is 0.405. The number of rotatable bonds is 9. The Morgan fingerprint density at radius 1 is 0.967 bits per heavy atom. The van der Waals surface area contributed by atoms with Gasteiger partial charge in [-0.2, -0.15) is 0 Å². The molecule has 158 valence electrons. The van der Waals surface area contributed by atoms with Crippen molar-refractivity contribution in [2.45, 2.75) is 12.5 Å². The minimum atomic E-state index is -1.20. The molecule has 7 heteroatoms. The van der Waals surface area contributed by atoms with Gasteiger partial charge in [-0.25, -0.2) is 0 Å². The molecule has 0 aliphatic rings. The van der Waals surface area contributed by atoms with Crippen molar-refractivity contribution in [3.8, 4) is 27.7 Å². The van der Waals surface area contributed by atoms with Crippen LogP contribution in [0.25, 0.3) is 10.4 Å². The second kappa shape index (κ2) is 10.1. The maximum Gasteiger partial charge on any atom is 0.254 e. The topological polar surface area (TPSA) is 77.0 Å². The first-order valence-corrected chi connectivity index (χ1v) is 10.3. The molecule has 2 N–H and O–H groups in total. The van der Waals surface area contributed by atoms with Gasteiger partial charge in [-0.1, -0.05) is 6.07 Å². The van der Waals surface area contributed by atoms with Crippen molar-refractivity contribution in [3.63, 3.8) is 0 Å². The number of carbonyl (C=O) groups excluding carboxylic acids is 1. The van der Waals surface area contributed by atoms with E-state index < -0.39 is 12.0 Å². The van der Waals surface area contributed by atoms with E-state index in [9.17, 15) is 9.90 Å². The van der Waals surface area contributed by atoms with Crippen LogP contribution in [0.5, 0.6) is 17.2 Å². The summed E-state index contributed by atoms with van der Waals surface area (Å²) in [5.41, 5.74) is 2.01. The number of amides is 1. The van der Waals surface area contributed by atoms with Gasteiger partial charge in [-0.05, 0) is 66.1 Å². The molecule has 0 aliphatic heterocycles. The predicted molar refractivity (Wildman–Crippen MR) is 118 cm³/mol. The highest BCUT2D eigenvalue weighted by Gasteiger charge is 2.19. The van der Waals surface area contributed by atoms with Crippen LogP contribution in [-0.2, 0) is 11.2 Å². The Morgan fingerprint density at radius 3 is 2.37 bits per heavy atom. The Balaban J connectivity index is 1.56. The number of methoxy groups -OCH3 is 3. The van der Waals surface area contributed by atoms with Crippen LogP contribution in [0.1, 0.15) is 16.5 Å². The smallest absolute Gasteiger partial charge is 0.254 e. The molecule has 3 aromatic rings. The SMILES string of the molecule is COc1ccc(-c2ccc(C(O)C(=O)NCCc3ccc(OC)c(OC)c3)s2)cc1. The number of benzene rings is 2. The van der Waals surface area contributed by atoms with Crippen molar-refractivity contribution < 1.29 is 24.1 Å². The second-order valence-electron chi connectivity index (χ2n) is 6.56. The van der Waals surface area contributed by atoms with Gasteiger partial charge in [-0.3, -0.25) is 4.79 Å². The van der Waals surface area contributed by atoms with Crippen molar-refractivity contribution in [1.29, 1.82) is 0 Å². The molecule has 0 saturated heterocycles. The van der Waals surface area contributed by atoms with E-state index in [4.69, 9.17) is 14.2 Å². The summed E-state index contributed by atoms with van der Waals surface area (Å²) < 4.78 is 15.7. The summed E-state index contributed by atoms with van der Waals surface area (Å²) in [6.07, 6.45) is -0.590. The first-order chi connectivity index (χ1) is 14.5. The molecule has 1 heterocycles. The number of ether oxygens (including phenoxy) is 3. The molecule has 0 aliphatic carbocycles. The summed E-state index contributed by atoms with van der Waals surface area (Å²) in [6.45, 7) is 0.405.